The summed E-state index contributed by atoms with van der Waals surface area (Å²) in [5.74, 6) is 0.711. The topological polar surface area (TPSA) is 59.2 Å². The van der Waals surface area contributed by atoms with Crippen LogP contribution in [0.15, 0.2) is 62.6 Å². The molecule has 5 nitrogen and oxygen atoms in total. The minimum atomic E-state index is 0.000980. The van der Waals surface area contributed by atoms with Crippen LogP contribution in [0.2, 0.25) is 0 Å². The third kappa shape index (κ3) is 4.74. The van der Waals surface area contributed by atoms with Gasteiger partial charge in [0.2, 0.25) is 11.8 Å². The monoisotopic (exact) mass is 431 g/mol. The summed E-state index contributed by atoms with van der Waals surface area (Å²) in [7, 11) is 1.79. The van der Waals surface area contributed by atoms with Crippen molar-refractivity contribution in [3.8, 4) is 11.5 Å². The summed E-state index contributed by atoms with van der Waals surface area (Å²) in [5, 5.41) is 8.47. The van der Waals surface area contributed by atoms with Gasteiger partial charge in [-0.05, 0) is 30.7 Å². The Balaban J connectivity index is 1.57. The summed E-state index contributed by atoms with van der Waals surface area (Å²) in [6, 6.07) is 15.7. The second-order valence-electron chi connectivity index (χ2n) is 5.87. The standard InChI is InChI=1S/C19H18BrN3O2S/c1-13-6-5-8-14(10-13)18-21-22-19(25-18)26-12-17(24)23(2)11-15-7-3-4-9-16(15)20/h3-10H,11-12H2,1-2H3. The number of carbonyl (C=O) groups excluding carboxylic acids is 1. The third-order valence-corrected chi connectivity index (χ3v) is 5.36. The van der Waals surface area contributed by atoms with Gasteiger partial charge in [0.15, 0.2) is 0 Å². The maximum absolute atomic E-state index is 12.4. The lowest BCUT2D eigenvalue weighted by molar-refractivity contribution is -0.127. The number of aryl methyl sites for hydroxylation is 1. The molecule has 7 heteroatoms. The highest BCUT2D eigenvalue weighted by Gasteiger charge is 2.15. The molecule has 2 aromatic carbocycles. The van der Waals surface area contributed by atoms with Gasteiger partial charge in [-0.1, -0.05) is 63.6 Å². The maximum atomic E-state index is 12.4. The highest BCUT2D eigenvalue weighted by atomic mass is 79.9. The fourth-order valence-electron chi connectivity index (χ4n) is 2.37. The lowest BCUT2D eigenvalue weighted by atomic mass is 10.1. The van der Waals surface area contributed by atoms with Crippen LogP contribution in [-0.4, -0.2) is 33.8 Å². The number of nitrogens with zero attached hydrogens (tertiary/aromatic N) is 3. The van der Waals surface area contributed by atoms with Crippen LogP contribution in [0.3, 0.4) is 0 Å². The molecule has 0 bridgehead atoms. The van der Waals surface area contributed by atoms with Crippen LogP contribution in [-0.2, 0) is 11.3 Å². The summed E-state index contributed by atoms with van der Waals surface area (Å²) in [5.41, 5.74) is 3.06. The molecule has 1 aromatic heterocycles. The van der Waals surface area contributed by atoms with E-state index in [2.05, 4.69) is 26.1 Å². The molecule has 1 amide bonds. The average Bonchev–Trinajstić information content (AvgIpc) is 3.10. The van der Waals surface area contributed by atoms with Crippen LogP contribution in [0.1, 0.15) is 11.1 Å². The fraction of sp³-hybridized carbons (Fsp3) is 0.211. The van der Waals surface area contributed by atoms with Gasteiger partial charge in [0, 0.05) is 23.6 Å². The molecule has 3 aromatic rings. The average molecular weight is 432 g/mol. The molecular weight excluding hydrogens is 414 g/mol. The third-order valence-electron chi connectivity index (χ3n) is 3.78. The van der Waals surface area contributed by atoms with E-state index in [-0.39, 0.29) is 11.7 Å². The van der Waals surface area contributed by atoms with Gasteiger partial charge < -0.3 is 9.32 Å². The van der Waals surface area contributed by atoms with Crippen LogP contribution < -0.4 is 0 Å². The Morgan fingerprint density at radius 3 is 2.77 bits per heavy atom. The smallest absolute Gasteiger partial charge is 0.277 e. The van der Waals surface area contributed by atoms with E-state index in [1.165, 1.54) is 11.8 Å². The molecule has 0 fully saturated rings. The van der Waals surface area contributed by atoms with E-state index in [4.69, 9.17) is 4.42 Å². The Kier molecular flexibility index (Phi) is 6.11. The highest BCUT2D eigenvalue weighted by Crippen LogP contribution is 2.24. The molecule has 0 aliphatic heterocycles. The van der Waals surface area contributed by atoms with Crippen molar-refractivity contribution in [3.05, 3.63) is 64.1 Å². The Labute approximate surface area is 164 Å². The number of thioether (sulfide) groups is 1. The van der Waals surface area contributed by atoms with Gasteiger partial charge >= 0.3 is 0 Å². The first-order valence-corrected chi connectivity index (χ1v) is 9.81. The first-order chi connectivity index (χ1) is 12.5. The van der Waals surface area contributed by atoms with E-state index in [1.54, 1.807) is 11.9 Å². The van der Waals surface area contributed by atoms with Crippen LogP contribution in [0.5, 0.6) is 0 Å². The molecule has 0 unspecified atom stereocenters. The fourth-order valence-corrected chi connectivity index (χ4v) is 3.48. The van der Waals surface area contributed by atoms with Gasteiger partial charge in [0.05, 0.1) is 5.75 Å². The molecule has 0 aliphatic rings. The van der Waals surface area contributed by atoms with Crippen molar-refractivity contribution >= 4 is 33.6 Å². The zero-order chi connectivity index (χ0) is 18.5. The van der Waals surface area contributed by atoms with Crippen molar-refractivity contribution in [1.29, 1.82) is 0 Å². The van der Waals surface area contributed by atoms with E-state index < -0.39 is 0 Å². The van der Waals surface area contributed by atoms with Crippen LogP contribution in [0.4, 0.5) is 0 Å². The summed E-state index contributed by atoms with van der Waals surface area (Å²) in [6.07, 6.45) is 0. The number of benzene rings is 2. The predicted octanol–water partition coefficient (Wildman–Crippen LogP) is 4.56. The van der Waals surface area contributed by atoms with Crippen LogP contribution in [0.25, 0.3) is 11.5 Å². The van der Waals surface area contributed by atoms with E-state index in [0.29, 0.717) is 17.7 Å². The van der Waals surface area contributed by atoms with Crippen molar-refractivity contribution in [2.75, 3.05) is 12.8 Å². The molecule has 0 aliphatic carbocycles. The maximum Gasteiger partial charge on any atom is 0.277 e. The molecule has 0 spiro atoms. The van der Waals surface area contributed by atoms with Crippen LogP contribution >= 0.6 is 27.7 Å². The first-order valence-electron chi connectivity index (χ1n) is 8.03. The SMILES string of the molecule is Cc1cccc(-c2nnc(SCC(=O)N(C)Cc3ccccc3Br)o2)c1. The van der Waals surface area contributed by atoms with Gasteiger partial charge in [0.1, 0.15) is 0 Å². The lowest BCUT2D eigenvalue weighted by Crippen LogP contribution is -2.27. The molecule has 0 saturated heterocycles. The number of hydrogen-bond donors (Lipinski definition) is 0. The summed E-state index contributed by atoms with van der Waals surface area (Å²) < 4.78 is 6.65. The molecule has 0 atom stereocenters. The van der Waals surface area contributed by atoms with Gasteiger partial charge in [-0.3, -0.25) is 4.79 Å². The number of hydrogen-bond acceptors (Lipinski definition) is 5. The van der Waals surface area contributed by atoms with Crippen molar-refractivity contribution in [2.24, 2.45) is 0 Å². The normalized spacial score (nSPS) is 10.7. The Bertz CT molecular complexity index is 913. The lowest BCUT2D eigenvalue weighted by Gasteiger charge is -2.17. The largest absolute Gasteiger partial charge is 0.411 e. The van der Waals surface area contributed by atoms with E-state index in [0.717, 1.165) is 21.2 Å². The minimum absolute atomic E-state index is 0.000980. The molecule has 134 valence electrons. The second-order valence-corrected chi connectivity index (χ2v) is 7.65. The number of aromatic nitrogens is 2. The Morgan fingerprint density at radius 2 is 2.00 bits per heavy atom. The Morgan fingerprint density at radius 1 is 1.19 bits per heavy atom. The Hall–Kier alpha value is -2.12. The zero-order valence-corrected chi connectivity index (χ0v) is 16.9. The molecule has 1 heterocycles. The summed E-state index contributed by atoms with van der Waals surface area (Å²) >= 11 is 4.75. The van der Waals surface area contributed by atoms with Gasteiger partial charge in [-0.2, -0.15) is 0 Å². The van der Waals surface area contributed by atoms with Crippen molar-refractivity contribution in [2.45, 2.75) is 18.7 Å². The predicted molar refractivity (Wildman–Crippen MR) is 106 cm³/mol. The number of halogens is 1. The van der Waals surface area contributed by atoms with Gasteiger partial charge in [-0.15, -0.1) is 10.2 Å². The highest BCUT2D eigenvalue weighted by molar-refractivity contribution is 9.10. The molecule has 26 heavy (non-hydrogen) atoms. The van der Waals surface area contributed by atoms with Crippen molar-refractivity contribution < 1.29 is 9.21 Å². The molecular formula is C19H18BrN3O2S. The summed E-state index contributed by atoms with van der Waals surface area (Å²) in [6.45, 7) is 2.55. The van der Waals surface area contributed by atoms with Crippen molar-refractivity contribution in [1.82, 2.24) is 15.1 Å². The zero-order valence-electron chi connectivity index (χ0n) is 14.5. The number of amides is 1. The first kappa shape index (κ1) is 18.7. The molecule has 0 radical (unpaired) electrons. The molecule has 0 saturated carbocycles. The van der Waals surface area contributed by atoms with Crippen LogP contribution in [0, 0.1) is 6.92 Å². The number of carbonyl (C=O) groups is 1. The second kappa shape index (κ2) is 8.51. The van der Waals surface area contributed by atoms with E-state index in [1.807, 2.05) is 55.5 Å². The van der Waals surface area contributed by atoms with E-state index in [9.17, 15) is 4.79 Å². The minimum Gasteiger partial charge on any atom is -0.411 e. The van der Waals surface area contributed by atoms with E-state index >= 15 is 0 Å². The molecule has 0 N–H and O–H groups in total. The van der Waals surface area contributed by atoms with Gasteiger partial charge in [-0.25, -0.2) is 0 Å². The molecule has 3 rings (SSSR count). The van der Waals surface area contributed by atoms with Crippen molar-refractivity contribution in [3.63, 3.8) is 0 Å². The quantitative estimate of drug-likeness (QED) is 0.535. The number of rotatable bonds is 6. The summed E-state index contributed by atoms with van der Waals surface area (Å²) in [4.78, 5) is 14.0. The van der Waals surface area contributed by atoms with Gasteiger partial charge in [0.25, 0.3) is 5.22 Å².